The maximum absolute atomic E-state index is 12.2. The summed E-state index contributed by atoms with van der Waals surface area (Å²) in [7, 11) is 0. The smallest absolute Gasteiger partial charge is 0.387 e. The van der Waals surface area contributed by atoms with Gasteiger partial charge in [-0.25, -0.2) is 0 Å². The Balaban J connectivity index is 1.51. The first kappa shape index (κ1) is 18.8. The number of ether oxygens (including phenoxy) is 1. The Morgan fingerprint density at radius 3 is 2.33 bits per heavy atom. The van der Waals surface area contributed by atoms with Crippen LogP contribution in [0, 0.1) is 0 Å². The van der Waals surface area contributed by atoms with Crippen molar-refractivity contribution in [1.82, 2.24) is 10.2 Å². The summed E-state index contributed by atoms with van der Waals surface area (Å²) >= 11 is 0. The van der Waals surface area contributed by atoms with E-state index in [4.69, 9.17) is 0 Å². The van der Waals surface area contributed by atoms with Gasteiger partial charge in [-0.05, 0) is 41.8 Å². The van der Waals surface area contributed by atoms with E-state index in [0.29, 0.717) is 18.5 Å². The number of rotatable bonds is 7. The van der Waals surface area contributed by atoms with Gasteiger partial charge in [0.1, 0.15) is 5.75 Å². The van der Waals surface area contributed by atoms with Gasteiger partial charge in [0, 0.05) is 31.6 Å². The summed E-state index contributed by atoms with van der Waals surface area (Å²) in [5, 5.41) is 2.78. The number of nitrogens with one attached hydrogen (secondary N) is 1. The molecule has 0 aromatic heterocycles. The van der Waals surface area contributed by atoms with Crippen LogP contribution in [0.4, 0.5) is 8.78 Å². The van der Waals surface area contributed by atoms with Crippen molar-refractivity contribution in [3.63, 3.8) is 0 Å². The number of nitrogens with zero attached hydrogens (tertiary/aromatic N) is 1. The van der Waals surface area contributed by atoms with Gasteiger partial charge in [-0.1, -0.05) is 24.3 Å². The van der Waals surface area contributed by atoms with E-state index < -0.39 is 6.61 Å². The lowest BCUT2D eigenvalue weighted by Gasteiger charge is -2.15. The van der Waals surface area contributed by atoms with Crippen LogP contribution in [0.15, 0.2) is 48.5 Å². The molecule has 2 aromatic rings. The van der Waals surface area contributed by atoms with Crippen LogP contribution in [-0.4, -0.2) is 29.9 Å². The Hall–Kier alpha value is -2.96. The summed E-state index contributed by atoms with van der Waals surface area (Å²) < 4.78 is 28.5. The zero-order valence-corrected chi connectivity index (χ0v) is 14.7. The first-order valence-corrected chi connectivity index (χ1v) is 8.70. The summed E-state index contributed by atoms with van der Waals surface area (Å²) in [6.07, 6.45) is 1.50. The monoisotopic (exact) mass is 374 g/mol. The van der Waals surface area contributed by atoms with Crippen molar-refractivity contribution in [2.24, 2.45) is 0 Å². The second-order valence-electron chi connectivity index (χ2n) is 6.32. The summed E-state index contributed by atoms with van der Waals surface area (Å²) in [5.41, 5.74) is 2.27. The van der Waals surface area contributed by atoms with Crippen LogP contribution in [0.1, 0.15) is 34.3 Å². The highest BCUT2D eigenvalue weighted by Crippen LogP contribution is 2.16. The third-order valence-corrected chi connectivity index (χ3v) is 4.36. The van der Waals surface area contributed by atoms with Gasteiger partial charge in [0.05, 0.1) is 0 Å². The highest BCUT2D eigenvalue weighted by atomic mass is 19.3. The van der Waals surface area contributed by atoms with Gasteiger partial charge >= 0.3 is 6.61 Å². The number of carbonyl (C=O) groups excluding carboxylic acids is 2. The van der Waals surface area contributed by atoms with Gasteiger partial charge in [0.25, 0.3) is 5.91 Å². The van der Waals surface area contributed by atoms with Crippen LogP contribution in [0.5, 0.6) is 5.75 Å². The number of hydrogen-bond acceptors (Lipinski definition) is 3. The molecule has 0 saturated carbocycles. The van der Waals surface area contributed by atoms with E-state index in [1.165, 1.54) is 12.1 Å². The lowest BCUT2D eigenvalue weighted by molar-refractivity contribution is -0.128. The Kier molecular flexibility index (Phi) is 6.01. The number of hydrogen-bond donors (Lipinski definition) is 1. The van der Waals surface area contributed by atoms with Gasteiger partial charge in [-0.15, -0.1) is 0 Å². The minimum Gasteiger partial charge on any atom is -0.435 e. The zero-order chi connectivity index (χ0) is 19.2. The predicted molar refractivity (Wildman–Crippen MR) is 95.3 cm³/mol. The lowest BCUT2D eigenvalue weighted by Crippen LogP contribution is -2.24. The van der Waals surface area contributed by atoms with E-state index in [1.807, 2.05) is 17.0 Å². The molecule has 27 heavy (non-hydrogen) atoms. The lowest BCUT2D eigenvalue weighted by atomic mass is 10.1. The van der Waals surface area contributed by atoms with Crippen LogP contribution in [0.25, 0.3) is 0 Å². The van der Waals surface area contributed by atoms with Crippen LogP contribution >= 0.6 is 0 Å². The van der Waals surface area contributed by atoms with Crippen molar-refractivity contribution in [3.8, 4) is 5.75 Å². The van der Waals surface area contributed by atoms with Crippen molar-refractivity contribution >= 4 is 11.8 Å². The largest absolute Gasteiger partial charge is 0.435 e. The molecule has 2 aromatic carbocycles. The van der Waals surface area contributed by atoms with Gasteiger partial charge < -0.3 is 15.0 Å². The standard InChI is InChI=1S/C20H20F2N2O3/c21-20(22)27-17-9-5-14(6-10-17)12-23-19(26)16-7-3-15(4-8-16)13-24-11-1-2-18(24)25/h3-10,20H,1-2,11-13H2,(H,23,26). The number of alkyl halides is 2. The topological polar surface area (TPSA) is 58.6 Å². The number of benzene rings is 2. The Labute approximate surface area is 155 Å². The van der Waals surface area contributed by atoms with Crippen molar-refractivity contribution in [3.05, 3.63) is 65.2 Å². The number of likely N-dealkylation sites (tertiary alicyclic amines) is 1. The number of amides is 2. The highest BCUT2D eigenvalue weighted by molar-refractivity contribution is 5.94. The second-order valence-corrected chi connectivity index (χ2v) is 6.32. The average Bonchev–Trinajstić information content (AvgIpc) is 3.06. The molecule has 0 unspecified atom stereocenters. The molecule has 1 aliphatic rings. The molecule has 0 bridgehead atoms. The maximum atomic E-state index is 12.2. The fraction of sp³-hybridized carbons (Fsp3) is 0.300. The summed E-state index contributed by atoms with van der Waals surface area (Å²) in [6.45, 7) is -1.24. The molecule has 7 heteroatoms. The molecule has 1 heterocycles. The molecule has 2 amide bonds. The summed E-state index contributed by atoms with van der Waals surface area (Å²) in [5.74, 6) is 0.0145. The molecule has 1 fully saturated rings. The molecule has 0 aliphatic carbocycles. The fourth-order valence-corrected chi connectivity index (χ4v) is 2.93. The Morgan fingerprint density at radius 2 is 1.74 bits per heavy atom. The van der Waals surface area contributed by atoms with E-state index in [0.717, 1.165) is 24.1 Å². The molecule has 1 aliphatic heterocycles. The predicted octanol–water partition coefficient (Wildman–Crippen LogP) is 3.34. The molecule has 0 radical (unpaired) electrons. The normalized spacial score (nSPS) is 13.9. The molecule has 5 nitrogen and oxygen atoms in total. The van der Waals surface area contributed by atoms with Crippen LogP contribution < -0.4 is 10.1 Å². The van der Waals surface area contributed by atoms with Gasteiger partial charge in [0.2, 0.25) is 5.91 Å². The molecular formula is C20H20F2N2O3. The molecule has 1 saturated heterocycles. The Bertz CT molecular complexity index is 792. The number of halogens is 2. The van der Waals surface area contributed by atoms with Crippen molar-refractivity contribution in [1.29, 1.82) is 0 Å². The SMILES string of the molecule is O=C(NCc1ccc(OC(F)F)cc1)c1ccc(CN2CCCC2=O)cc1. The van der Waals surface area contributed by atoms with Gasteiger partial charge in [-0.3, -0.25) is 9.59 Å². The second kappa shape index (κ2) is 8.62. The van der Waals surface area contributed by atoms with Crippen molar-refractivity contribution in [2.75, 3.05) is 6.54 Å². The van der Waals surface area contributed by atoms with E-state index in [9.17, 15) is 18.4 Å². The molecule has 0 spiro atoms. The Morgan fingerprint density at radius 1 is 1.07 bits per heavy atom. The van der Waals surface area contributed by atoms with Gasteiger partial charge in [0.15, 0.2) is 0 Å². The first-order valence-electron chi connectivity index (χ1n) is 8.70. The maximum Gasteiger partial charge on any atom is 0.387 e. The average molecular weight is 374 g/mol. The van der Waals surface area contributed by atoms with Crippen molar-refractivity contribution in [2.45, 2.75) is 32.5 Å². The van der Waals surface area contributed by atoms with E-state index >= 15 is 0 Å². The highest BCUT2D eigenvalue weighted by Gasteiger charge is 2.20. The fourth-order valence-electron chi connectivity index (χ4n) is 2.93. The van der Waals surface area contributed by atoms with Crippen molar-refractivity contribution < 1.29 is 23.1 Å². The van der Waals surface area contributed by atoms with Crippen LogP contribution in [-0.2, 0) is 17.9 Å². The third kappa shape index (κ3) is 5.26. The first-order chi connectivity index (χ1) is 13.0. The third-order valence-electron chi connectivity index (χ3n) is 4.36. The van der Waals surface area contributed by atoms with E-state index in [2.05, 4.69) is 10.1 Å². The number of carbonyl (C=O) groups is 2. The van der Waals surface area contributed by atoms with Gasteiger partial charge in [-0.2, -0.15) is 8.78 Å². The van der Waals surface area contributed by atoms with Crippen LogP contribution in [0.3, 0.4) is 0 Å². The molecule has 3 rings (SSSR count). The zero-order valence-electron chi connectivity index (χ0n) is 14.7. The molecular weight excluding hydrogens is 354 g/mol. The minimum atomic E-state index is -2.86. The molecule has 142 valence electrons. The van der Waals surface area contributed by atoms with Crippen LogP contribution in [0.2, 0.25) is 0 Å². The quantitative estimate of drug-likeness (QED) is 0.809. The minimum absolute atomic E-state index is 0.0761. The summed E-state index contributed by atoms with van der Waals surface area (Å²) in [4.78, 5) is 25.7. The van der Waals surface area contributed by atoms with E-state index in [1.54, 1.807) is 24.3 Å². The molecule has 1 N–H and O–H groups in total. The molecule has 0 atom stereocenters. The van der Waals surface area contributed by atoms with E-state index in [-0.39, 0.29) is 24.1 Å². The summed E-state index contributed by atoms with van der Waals surface area (Å²) in [6, 6.07) is 13.2.